The number of likely N-dealkylation sites (tertiary alicyclic amines) is 1. The second-order valence-electron chi connectivity index (χ2n) is 10.7. The van der Waals surface area contributed by atoms with Crippen LogP contribution in [0, 0.1) is 0 Å². The lowest BCUT2D eigenvalue weighted by molar-refractivity contribution is -0.114. The quantitative estimate of drug-likeness (QED) is 0.387. The zero-order valence-electron chi connectivity index (χ0n) is 22.2. The Morgan fingerprint density at radius 1 is 1.02 bits per heavy atom. The van der Waals surface area contributed by atoms with Gasteiger partial charge in [-0.1, -0.05) is 29.8 Å². The van der Waals surface area contributed by atoms with E-state index in [4.69, 9.17) is 11.6 Å². The minimum absolute atomic E-state index is 0.0713. The third kappa shape index (κ3) is 5.14. The number of imide groups is 1. The molecular weight excluding hydrogens is 528 g/mol. The fourth-order valence-corrected chi connectivity index (χ4v) is 6.12. The SMILES string of the molecule is O=C1CC=CC(=NC[C@@H](O)c2cccc(Cl)c2)C1=C1Cc2cc3c(cc2N1)C(=O)N(CCCN1CCCC1)C3=O. The molecule has 2 amide bonds. The zero-order valence-corrected chi connectivity index (χ0v) is 22.9. The molecule has 206 valence electrons. The van der Waals surface area contributed by atoms with Gasteiger partial charge in [0.1, 0.15) is 0 Å². The lowest BCUT2D eigenvalue weighted by Crippen LogP contribution is -2.33. The van der Waals surface area contributed by atoms with Gasteiger partial charge in [0.05, 0.1) is 35.1 Å². The number of carbonyl (C=O) groups excluding carboxylic acids is 3. The molecule has 2 aromatic carbocycles. The van der Waals surface area contributed by atoms with E-state index in [0.29, 0.717) is 51.7 Å². The van der Waals surface area contributed by atoms with Gasteiger partial charge in [0, 0.05) is 35.8 Å². The van der Waals surface area contributed by atoms with Crippen LogP contribution in [0.4, 0.5) is 5.69 Å². The molecule has 40 heavy (non-hydrogen) atoms. The van der Waals surface area contributed by atoms with Gasteiger partial charge in [-0.05, 0) is 80.4 Å². The number of ketones is 1. The van der Waals surface area contributed by atoms with Crippen LogP contribution in [0.3, 0.4) is 0 Å². The number of Topliss-reactive ketones (excluding diaryl/α,β-unsaturated/α-hetero) is 1. The predicted octanol–water partition coefficient (Wildman–Crippen LogP) is 4.35. The fraction of sp³-hybridized carbons (Fsp3) is 0.355. The Morgan fingerprint density at radius 3 is 2.58 bits per heavy atom. The van der Waals surface area contributed by atoms with Crippen LogP contribution in [-0.4, -0.2) is 70.9 Å². The summed E-state index contributed by atoms with van der Waals surface area (Å²) in [4.78, 5) is 47.6. The summed E-state index contributed by atoms with van der Waals surface area (Å²) in [6.45, 7) is 3.56. The number of aliphatic hydroxyl groups is 1. The number of fused-ring (bicyclic) bond motifs is 2. The van der Waals surface area contributed by atoms with E-state index >= 15 is 0 Å². The smallest absolute Gasteiger partial charge is 0.261 e. The maximum absolute atomic E-state index is 13.2. The third-order valence-corrected chi connectivity index (χ3v) is 8.22. The first kappa shape index (κ1) is 26.6. The minimum atomic E-state index is -0.866. The van der Waals surface area contributed by atoms with Crippen molar-refractivity contribution in [3.63, 3.8) is 0 Å². The summed E-state index contributed by atoms with van der Waals surface area (Å²) >= 11 is 6.05. The molecule has 0 unspecified atom stereocenters. The van der Waals surface area contributed by atoms with Crippen molar-refractivity contribution in [2.45, 2.75) is 38.2 Å². The number of rotatable bonds is 7. The highest BCUT2D eigenvalue weighted by Gasteiger charge is 2.37. The number of halogens is 1. The van der Waals surface area contributed by atoms with Crippen molar-refractivity contribution in [3.05, 3.63) is 87.1 Å². The summed E-state index contributed by atoms with van der Waals surface area (Å²) in [6.07, 6.45) is 6.57. The first-order valence-corrected chi connectivity index (χ1v) is 14.2. The molecule has 0 aromatic heterocycles. The second-order valence-corrected chi connectivity index (χ2v) is 11.1. The molecule has 0 radical (unpaired) electrons. The molecule has 3 aliphatic heterocycles. The summed E-state index contributed by atoms with van der Waals surface area (Å²) in [6, 6.07) is 10.5. The van der Waals surface area contributed by atoms with Gasteiger partial charge in [-0.2, -0.15) is 0 Å². The van der Waals surface area contributed by atoms with Gasteiger partial charge in [0.15, 0.2) is 5.78 Å². The number of aliphatic imine (C=N–C) groups is 1. The Kier molecular flexibility index (Phi) is 7.40. The van der Waals surface area contributed by atoms with Crippen LogP contribution in [0.2, 0.25) is 5.02 Å². The molecule has 9 heteroatoms. The van der Waals surface area contributed by atoms with Crippen LogP contribution in [0.5, 0.6) is 0 Å². The van der Waals surface area contributed by atoms with Crippen molar-refractivity contribution in [1.82, 2.24) is 9.80 Å². The van der Waals surface area contributed by atoms with Gasteiger partial charge in [0.2, 0.25) is 0 Å². The number of anilines is 1. The number of hydrogen-bond acceptors (Lipinski definition) is 7. The summed E-state index contributed by atoms with van der Waals surface area (Å²) < 4.78 is 0. The van der Waals surface area contributed by atoms with Crippen LogP contribution in [-0.2, 0) is 11.2 Å². The average molecular weight is 559 g/mol. The number of allylic oxidation sites excluding steroid dienone is 4. The molecule has 1 atom stereocenters. The zero-order chi connectivity index (χ0) is 27.8. The molecule has 3 heterocycles. The van der Waals surface area contributed by atoms with Crippen molar-refractivity contribution in [2.24, 2.45) is 4.99 Å². The molecule has 1 fully saturated rings. The number of carbonyl (C=O) groups is 3. The Morgan fingerprint density at radius 2 is 1.80 bits per heavy atom. The number of aliphatic hydroxyl groups excluding tert-OH is 1. The molecule has 1 aliphatic carbocycles. The van der Waals surface area contributed by atoms with E-state index in [1.807, 2.05) is 0 Å². The Labute approximate surface area is 238 Å². The van der Waals surface area contributed by atoms with Crippen molar-refractivity contribution in [1.29, 1.82) is 0 Å². The number of amides is 2. The van der Waals surface area contributed by atoms with Crippen LogP contribution < -0.4 is 5.32 Å². The maximum Gasteiger partial charge on any atom is 0.261 e. The molecule has 0 spiro atoms. The lowest BCUT2D eigenvalue weighted by atomic mass is 9.93. The summed E-state index contributed by atoms with van der Waals surface area (Å²) in [7, 11) is 0. The number of nitrogens with one attached hydrogen (secondary N) is 1. The van der Waals surface area contributed by atoms with Gasteiger partial charge in [0.25, 0.3) is 11.8 Å². The largest absolute Gasteiger partial charge is 0.386 e. The standard InChI is InChI=1S/C31H31ClN4O4/c32-21-7-3-6-19(14-21)28(38)18-33-24-8-4-9-27(37)29(24)26-16-20-15-22-23(17-25(20)34-26)31(40)36(30(22)39)13-5-12-35-10-1-2-11-35/h3-4,6-8,14-15,17,28,34,38H,1-2,5,9-13,16,18H2/t28-/m1/s1. The minimum Gasteiger partial charge on any atom is -0.386 e. The van der Waals surface area contributed by atoms with Crippen LogP contribution >= 0.6 is 11.6 Å². The van der Waals surface area contributed by atoms with Crippen molar-refractivity contribution in [3.8, 4) is 0 Å². The normalized spacial score (nSPS) is 22.3. The van der Waals surface area contributed by atoms with E-state index in [-0.39, 0.29) is 30.6 Å². The Bertz CT molecular complexity index is 1440. The highest BCUT2D eigenvalue weighted by molar-refractivity contribution is 6.30. The molecule has 4 aliphatic rings. The first-order valence-electron chi connectivity index (χ1n) is 13.8. The Hall–Kier alpha value is -3.59. The van der Waals surface area contributed by atoms with E-state index in [1.54, 1.807) is 48.6 Å². The van der Waals surface area contributed by atoms with E-state index < -0.39 is 6.10 Å². The predicted molar refractivity (Wildman–Crippen MR) is 154 cm³/mol. The third-order valence-electron chi connectivity index (χ3n) is 7.99. The van der Waals surface area contributed by atoms with Gasteiger partial charge in [-0.25, -0.2) is 0 Å². The van der Waals surface area contributed by atoms with E-state index in [9.17, 15) is 19.5 Å². The topological polar surface area (TPSA) is 102 Å². The highest BCUT2D eigenvalue weighted by atomic mass is 35.5. The molecule has 6 rings (SSSR count). The number of nitrogens with zero attached hydrogens (tertiary/aromatic N) is 3. The van der Waals surface area contributed by atoms with Crippen molar-refractivity contribution >= 4 is 40.6 Å². The molecule has 2 N–H and O–H groups in total. The van der Waals surface area contributed by atoms with E-state index in [0.717, 1.165) is 37.3 Å². The van der Waals surface area contributed by atoms with Gasteiger partial charge in [-0.15, -0.1) is 0 Å². The fourth-order valence-electron chi connectivity index (χ4n) is 5.92. The summed E-state index contributed by atoms with van der Waals surface area (Å²) in [5.74, 6) is -0.585. The maximum atomic E-state index is 13.2. The molecule has 1 saturated heterocycles. The second kappa shape index (κ2) is 11.1. The first-order chi connectivity index (χ1) is 19.4. The summed E-state index contributed by atoms with van der Waals surface area (Å²) in [5, 5.41) is 14.5. The monoisotopic (exact) mass is 558 g/mol. The molecule has 0 bridgehead atoms. The van der Waals surface area contributed by atoms with E-state index in [1.165, 1.54) is 17.7 Å². The van der Waals surface area contributed by atoms with Gasteiger partial charge < -0.3 is 15.3 Å². The van der Waals surface area contributed by atoms with Gasteiger partial charge in [-0.3, -0.25) is 24.3 Å². The van der Waals surface area contributed by atoms with Crippen LogP contribution in [0.15, 0.2) is 64.8 Å². The number of hydrogen-bond donors (Lipinski definition) is 2. The van der Waals surface area contributed by atoms with Crippen LogP contribution in [0.25, 0.3) is 0 Å². The van der Waals surface area contributed by atoms with Crippen LogP contribution in [0.1, 0.15) is 63.6 Å². The van der Waals surface area contributed by atoms with E-state index in [2.05, 4.69) is 15.2 Å². The average Bonchev–Trinajstić information content (AvgIpc) is 3.66. The molecular formula is C31H31ClN4O4. The molecule has 2 aromatic rings. The molecule has 0 saturated carbocycles. The van der Waals surface area contributed by atoms with Crippen molar-refractivity contribution < 1.29 is 19.5 Å². The van der Waals surface area contributed by atoms with Crippen molar-refractivity contribution in [2.75, 3.05) is 38.0 Å². The molecule has 8 nitrogen and oxygen atoms in total. The summed E-state index contributed by atoms with van der Waals surface area (Å²) in [5.41, 5.74) is 4.71. The van der Waals surface area contributed by atoms with Gasteiger partial charge >= 0.3 is 0 Å². The lowest BCUT2D eigenvalue weighted by Gasteiger charge is -2.18. The Balaban J connectivity index is 1.20. The highest BCUT2D eigenvalue weighted by Crippen LogP contribution is 2.36. The number of benzene rings is 2.